The molecule has 152 valence electrons. The van der Waals surface area contributed by atoms with Gasteiger partial charge in [-0.05, 0) is 35.9 Å². The average Bonchev–Trinajstić information content (AvgIpc) is 2.70. The lowest BCUT2D eigenvalue weighted by Crippen LogP contribution is -2.32. The number of hydrogen-bond acceptors (Lipinski definition) is 3. The Morgan fingerprint density at radius 1 is 1.17 bits per heavy atom. The Labute approximate surface area is 172 Å². The second-order valence-corrected chi connectivity index (χ2v) is 7.06. The van der Waals surface area contributed by atoms with Crippen molar-refractivity contribution in [2.45, 2.75) is 19.0 Å². The number of carbonyl (C=O) groups is 1. The van der Waals surface area contributed by atoms with Crippen LogP contribution in [-0.2, 0) is 11.3 Å². The van der Waals surface area contributed by atoms with Crippen LogP contribution in [0.4, 0.5) is 23.2 Å². The lowest BCUT2D eigenvalue weighted by molar-refractivity contribution is -0.168. The minimum Gasteiger partial charge on any atom is -0.370 e. The third-order valence-corrected chi connectivity index (χ3v) is 4.73. The topological polar surface area (TPSA) is 51.2 Å². The number of nitrogens with one attached hydrogen (secondary N) is 1. The van der Waals surface area contributed by atoms with Gasteiger partial charge in [0.2, 0.25) is 0 Å². The highest BCUT2D eigenvalue weighted by molar-refractivity contribution is 9.10. The van der Waals surface area contributed by atoms with E-state index in [4.69, 9.17) is 4.74 Å². The van der Waals surface area contributed by atoms with Crippen LogP contribution in [-0.4, -0.2) is 29.8 Å². The minimum absolute atomic E-state index is 0.263. The monoisotopic (exact) mass is 470 g/mol. The van der Waals surface area contributed by atoms with Crippen molar-refractivity contribution in [2.24, 2.45) is 0 Å². The van der Waals surface area contributed by atoms with Crippen LogP contribution in [0.5, 0.6) is 0 Å². The number of aromatic nitrogens is 1. The van der Waals surface area contributed by atoms with Crippen LogP contribution in [0.1, 0.15) is 15.9 Å². The summed E-state index contributed by atoms with van der Waals surface area (Å²) >= 11 is 3.43. The van der Waals surface area contributed by atoms with E-state index < -0.39 is 24.9 Å². The number of amides is 1. The number of halogens is 5. The second kappa shape index (κ2) is 8.87. The molecular weight excluding hydrogens is 456 g/mol. The van der Waals surface area contributed by atoms with Crippen LogP contribution >= 0.6 is 15.9 Å². The van der Waals surface area contributed by atoms with Crippen molar-refractivity contribution in [2.75, 3.05) is 11.9 Å². The molecule has 0 aliphatic heterocycles. The smallest absolute Gasteiger partial charge is 0.330 e. The maximum absolute atomic E-state index is 12.9. The third-order valence-electron chi connectivity index (χ3n) is 4.04. The molecule has 1 N–H and O–H groups in total. The van der Waals surface area contributed by atoms with Crippen LogP contribution in [0, 0.1) is 0 Å². The Bertz CT molecular complexity index is 1030. The maximum Gasteiger partial charge on any atom is 0.330 e. The van der Waals surface area contributed by atoms with Gasteiger partial charge in [-0.2, -0.15) is 8.78 Å². The maximum atomic E-state index is 12.9. The lowest BCUT2D eigenvalue weighted by atomic mass is 10.1. The van der Waals surface area contributed by atoms with E-state index in [2.05, 4.69) is 26.2 Å². The molecule has 2 aromatic carbocycles. The van der Waals surface area contributed by atoms with E-state index in [1.165, 1.54) is 6.07 Å². The van der Waals surface area contributed by atoms with Gasteiger partial charge in [-0.25, -0.2) is 8.78 Å². The van der Waals surface area contributed by atoms with Crippen LogP contribution in [0.15, 0.2) is 59.2 Å². The number of alkyl halides is 4. The van der Waals surface area contributed by atoms with Crippen LogP contribution in [0.2, 0.25) is 0 Å². The van der Waals surface area contributed by atoms with E-state index in [-0.39, 0.29) is 12.2 Å². The number of anilines is 1. The molecule has 1 amide bonds. The third kappa shape index (κ3) is 5.10. The summed E-state index contributed by atoms with van der Waals surface area (Å²) in [7, 11) is 0. The number of rotatable bonds is 7. The normalized spacial score (nSPS) is 11.8. The summed E-state index contributed by atoms with van der Waals surface area (Å²) in [6.45, 7) is -1.73. The van der Waals surface area contributed by atoms with E-state index in [0.29, 0.717) is 16.8 Å². The molecule has 0 atom stereocenters. The van der Waals surface area contributed by atoms with Crippen molar-refractivity contribution in [1.82, 2.24) is 4.98 Å². The van der Waals surface area contributed by atoms with Gasteiger partial charge in [-0.1, -0.05) is 34.1 Å². The van der Waals surface area contributed by atoms with Gasteiger partial charge in [0.25, 0.3) is 5.91 Å². The molecule has 4 nitrogen and oxygen atoms in total. The Morgan fingerprint density at radius 2 is 1.97 bits per heavy atom. The molecule has 0 spiro atoms. The molecule has 0 unspecified atom stereocenters. The van der Waals surface area contributed by atoms with Gasteiger partial charge in [0.05, 0.1) is 17.8 Å². The molecule has 29 heavy (non-hydrogen) atoms. The fraction of sp³-hybridized carbons (Fsp3) is 0.200. The predicted molar refractivity (Wildman–Crippen MR) is 104 cm³/mol. The van der Waals surface area contributed by atoms with E-state index in [9.17, 15) is 22.4 Å². The molecule has 0 saturated heterocycles. The highest BCUT2D eigenvalue weighted by atomic mass is 79.9. The van der Waals surface area contributed by atoms with Gasteiger partial charge in [0.1, 0.15) is 6.61 Å². The zero-order valence-electron chi connectivity index (χ0n) is 14.8. The van der Waals surface area contributed by atoms with Gasteiger partial charge in [-0.3, -0.25) is 9.78 Å². The summed E-state index contributed by atoms with van der Waals surface area (Å²) < 4.78 is 55.7. The lowest BCUT2D eigenvalue weighted by Gasteiger charge is -2.15. The second-order valence-electron chi connectivity index (χ2n) is 6.20. The summed E-state index contributed by atoms with van der Waals surface area (Å²) in [6, 6.07) is 13.2. The molecule has 0 bridgehead atoms. The number of carbonyl (C=O) groups excluding carboxylic acids is 1. The number of ether oxygens (including phenoxy) is 1. The molecule has 1 aromatic heterocycles. The van der Waals surface area contributed by atoms with E-state index in [0.717, 1.165) is 9.86 Å². The zero-order chi connectivity index (χ0) is 21.0. The molecule has 3 aromatic rings. The largest absolute Gasteiger partial charge is 0.370 e. The molecule has 3 rings (SSSR count). The molecule has 1 heterocycles. The SMILES string of the molecule is O=C(Nc1ccc(Br)c2cccnc12)c1cccc(COCC(F)(F)C(F)F)c1. The molecule has 0 aliphatic rings. The number of nitrogens with zero attached hydrogens (tertiary/aromatic N) is 1. The quantitative estimate of drug-likeness (QED) is 0.452. The first kappa shape index (κ1) is 21.2. The number of fused-ring (bicyclic) bond motifs is 1. The first-order chi connectivity index (χ1) is 13.8. The first-order valence-corrected chi connectivity index (χ1v) is 9.24. The fourth-order valence-electron chi connectivity index (χ4n) is 2.60. The Balaban J connectivity index is 1.71. The van der Waals surface area contributed by atoms with Gasteiger partial charge >= 0.3 is 12.3 Å². The summed E-state index contributed by atoms with van der Waals surface area (Å²) in [6.07, 6.45) is -2.19. The van der Waals surface area contributed by atoms with Crippen molar-refractivity contribution < 1.29 is 27.1 Å². The minimum atomic E-state index is -4.22. The number of pyridine rings is 1. The Morgan fingerprint density at radius 3 is 2.72 bits per heavy atom. The molecule has 0 radical (unpaired) electrons. The summed E-state index contributed by atoms with van der Waals surface area (Å²) in [5.74, 6) is -4.65. The van der Waals surface area contributed by atoms with E-state index in [1.807, 2.05) is 6.07 Å². The van der Waals surface area contributed by atoms with Crippen molar-refractivity contribution in [3.63, 3.8) is 0 Å². The Kier molecular flexibility index (Phi) is 6.49. The van der Waals surface area contributed by atoms with Crippen molar-refractivity contribution >= 4 is 38.4 Å². The zero-order valence-corrected chi connectivity index (χ0v) is 16.4. The van der Waals surface area contributed by atoms with Gasteiger partial charge in [0.15, 0.2) is 0 Å². The van der Waals surface area contributed by atoms with Crippen molar-refractivity contribution in [3.8, 4) is 0 Å². The number of benzene rings is 2. The van der Waals surface area contributed by atoms with E-state index in [1.54, 1.807) is 42.6 Å². The highest BCUT2D eigenvalue weighted by Crippen LogP contribution is 2.28. The number of hydrogen-bond donors (Lipinski definition) is 1. The molecular formula is C20H15BrF4N2O2. The molecule has 0 saturated carbocycles. The van der Waals surface area contributed by atoms with Crippen LogP contribution < -0.4 is 5.32 Å². The average molecular weight is 471 g/mol. The first-order valence-electron chi connectivity index (χ1n) is 8.45. The van der Waals surface area contributed by atoms with Gasteiger partial charge in [-0.15, -0.1) is 0 Å². The van der Waals surface area contributed by atoms with Crippen molar-refractivity contribution in [3.05, 3.63) is 70.3 Å². The van der Waals surface area contributed by atoms with E-state index >= 15 is 0 Å². The molecule has 9 heteroatoms. The predicted octanol–water partition coefficient (Wildman–Crippen LogP) is 5.67. The van der Waals surface area contributed by atoms with Crippen molar-refractivity contribution in [1.29, 1.82) is 0 Å². The van der Waals surface area contributed by atoms with Gasteiger partial charge in [0, 0.05) is 21.6 Å². The molecule has 0 aliphatic carbocycles. The summed E-state index contributed by atoms with van der Waals surface area (Å²) in [5.41, 5.74) is 1.77. The van der Waals surface area contributed by atoms with Gasteiger partial charge < -0.3 is 10.1 Å². The Hall–Kier alpha value is -2.52. The summed E-state index contributed by atoms with van der Waals surface area (Å²) in [5, 5.41) is 3.59. The standard InChI is InChI=1S/C20H15BrF4N2O2/c21-15-6-7-16(17-14(15)5-2-8-26-17)27-18(28)13-4-1-3-12(9-13)10-29-11-20(24,25)19(22)23/h1-9,19H,10-11H2,(H,27,28). The van der Waals surface area contributed by atoms with Crippen LogP contribution in [0.3, 0.4) is 0 Å². The molecule has 0 fully saturated rings. The fourth-order valence-corrected chi connectivity index (χ4v) is 3.06. The highest BCUT2D eigenvalue weighted by Gasteiger charge is 2.40. The van der Waals surface area contributed by atoms with Crippen LogP contribution in [0.25, 0.3) is 10.9 Å². The summed E-state index contributed by atoms with van der Waals surface area (Å²) in [4.78, 5) is 16.9.